The highest BCUT2D eigenvalue weighted by Crippen LogP contribution is 2.20. The van der Waals surface area contributed by atoms with Crippen molar-refractivity contribution in [1.82, 2.24) is 9.71 Å². The number of hydrogen-bond donors (Lipinski definition) is 1. The summed E-state index contributed by atoms with van der Waals surface area (Å²) in [5.41, 5.74) is 0.732. The first-order valence-corrected chi connectivity index (χ1v) is 7.69. The van der Waals surface area contributed by atoms with Crippen molar-refractivity contribution < 1.29 is 17.5 Å². The van der Waals surface area contributed by atoms with Gasteiger partial charge in [-0.1, -0.05) is 12.1 Å². The van der Waals surface area contributed by atoms with Gasteiger partial charge in [0.1, 0.15) is 5.75 Å². The lowest BCUT2D eigenvalue weighted by Crippen LogP contribution is -2.28. The number of halogens is 1. The summed E-state index contributed by atoms with van der Waals surface area (Å²) >= 11 is 0. The molecule has 1 aromatic heterocycles. The smallest absolute Gasteiger partial charge is 0.261 e. The highest BCUT2D eigenvalue weighted by molar-refractivity contribution is 7.89. The van der Waals surface area contributed by atoms with Gasteiger partial charge in [-0.3, -0.25) is 0 Å². The fourth-order valence-electron chi connectivity index (χ4n) is 1.82. The molecule has 1 unspecified atom stereocenters. The predicted octanol–water partition coefficient (Wildman–Crippen LogP) is 2.27. The van der Waals surface area contributed by atoms with E-state index in [-0.39, 0.29) is 0 Å². The quantitative estimate of drug-likeness (QED) is 0.920. The summed E-state index contributed by atoms with van der Waals surface area (Å²) in [4.78, 5) is 3.58. The van der Waals surface area contributed by atoms with E-state index in [4.69, 9.17) is 4.74 Å². The van der Waals surface area contributed by atoms with E-state index >= 15 is 0 Å². The fourth-order valence-corrected chi connectivity index (χ4v) is 3.06. The summed E-state index contributed by atoms with van der Waals surface area (Å²) < 4.78 is 45.2. The summed E-state index contributed by atoms with van der Waals surface area (Å²) in [7, 11) is -2.47. The second-order valence-corrected chi connectivity index (χ2v) is 6.04. The first-order valence-electron chi connectivity index (χ1n) is 6.21. The SMILES string of the molecule is COc1ccc(C(C)NS(=O)(=O)c2ncccc2F)cc1. The Morgan fingerprint density at radius 3 is 2.48 bits per heavy atom. The molecule has 0 bridgehead atoms. The van der Waals surface area contributed by atoms with E-state index in [0.29, 0.717) is 5.75 Å². The molecule has 1 aromatic carbocycles. The van der Waals surface area contributed by atoms with Crippen LogP contribution in [0.5, 0.6) is 5.75 Å². The molecule has 0 saturated heterocycles. The van der Waals surface area contributed by atoms with Crippen LogP contribution in [-0.2, 0) is 10.0 Å². The number of methoxy groups -OCH3 is 1. The number of ether oxygens (including phenoxy) is 1. The third-order valence-corrected chi connectivity index (χ3v) is 4.40. The Kier molecular flexibility index (Phi) is 4.54. The van der Waals surface area contributed by atoms with Gasteiger partial charge in [0, 0.05) is 12.2 Å². The van der Waals surface area contributed by atoms with E-state index in [0.717, 1.165) is 11.6 Å². The summed E-state index contributed by atoms with van der Waals surface area (Å²) in [6, 6.07) is 8.79. The molecule has 0 aliphatic rings. The molecule has 0 aliphatic carbocycles. The van der Waals surface area contributed by atoms with Crippen LogP contribution in [0.15, 0.2) is 47.6 Å². The number of hydrogen-bond acceptors (Lipinski definition) is 4. The van der Waals surface area contributed by atoms with E-state index < -0.39 is 26.9 Å². The number of sulfonamides is 1. The number of nitrogens with zero attached hydrogens (tertiary/aromatic N) is 1. The zero-order chi connectivity index (χ0) is 15.5. The van der Waals surface area contributed by atoms with Gasteiger partial charge >= 0.3 is 0 Å². The second-order valence-electron chi connectivity index (χ2n) is 4.41. The third-order valence-electron chi connectivity index (χ3n) is 2.93. The average Bonchev–Trinajstić information content (AvgIpc) is 2.47. The Bertz CT molecular complexity index is 717. The molecule has 1 N–H and O–H groups in total. The molecular formula is C14H15FN2O3S. The van der Waals surface area contributed by atoms with Crippen LogP contribution in [-0.4, -0.2) is 20.5 Å². The molecule has 112 valence electrons. The number of benzene rings is 1. The molecule has 2 rings (SSSR count). The van der Waals surface area contributed by atoms with Crippen LogP contribution in [0.3, 0.4) is 0 Å². The molecule has 5 nitrogen and oxygen atoms in total. The Labute approximate surface area is 122 Å². The maximum atomic E-state index is 13.5. The number of pyridine rings is 1. The fraction of sp³-hybridized carbons (Fsp3) is 0.214. The Balaban J connectivity index is 2.21. The van der Waals surface area contributed by atoms with E-state index in [9.17, 15) is 12.8 Å². The van der Waals surface area contributed by atoms with Gasteiger partial charge in [-0.25, -0.2) is 22.5 Å². The summed E-state index contributed by atoms with van der Waals surface area (Å²) in [5.74, 6) is -0.212. The second kappa shape index (κ2) is 6.19. The highest BCUT2D eigenvalue weighted by atomic mass is 32.2. The minimum Gasteiger partial charge on any atom is -0.497 e. The predicted molar refractivity (Wildman–Crippen MR) is 75.9 cm³/mol. The molecule has 21 heavy (non-hydrogen) atoms. The van der Waals surface area contributed by atoms with Crippen LogP contribution in [0.2, 0.25) is 0 Å². The van der Waals surface area contributed by atoms with Crippen LogP contribution >= 0.6 is 0 Å². The van der Waals surface area contributed by atoms with Gasteiger partial charge in [-0.2, -0.15) is 0 Å². The minimum atomic E-state index is -4.02. The maximum absolute atomic E-state index is 13.5. The highest BCUT2D eigenvalue weighted by Gasteiger charge is 2.23. The monoisotopic (exact) mass is 310 g/mol. The molecule has 0 fully saturated rings. The minimum absolute atomic E-state index is 0.526. The molecule has 0 radical (unpaired) electrons. The standard InChI is InChI=1S/C14H15FN2O3S/c1-10(11-5-7-12(20-2)8-6-11)17-21(18,19)14-13(15)4-3-9-16-14/h3-10,17H,1-2H3. The van der Waals surface area contributed by atoms with E-state index in [2.05, 4.69) is 9.71 Å². The Morgan fingerprint density at radius 2 is 1.90 bits per heavy atom. The van der Waals surface area contributed by atoms with Crippen molar-refractivity contribution in [2.45, 2.75) is 18.0 Å². The lowest BCUT2D eigenvalue weighted by atomic mass is 10.1. The lowest BCUT2D eigenvalue weighted by Gasteiger charge is -2.14. The molecule has 1 atom stereocenters. The topological polar surface area (TPSA) is 68.3 Å². The normalized spacial score (nSPS) is 12.9. The number of rotatable bonds is 5. The molecule has 0 amide bonds. The van der Waals surface area contributed by atoms with Crippen LogP contribution in [0.4, 0.5) is 4.39 Å². The van der Waals surface area contributed by atoms with Crippen molar-refractivity contribution in [3.63, 3.8) is 0 Å². The molecule has 0 spiro atoms. The Morgan fingerprint density at radius 1 is 1.24 bits per heavy atom. The van der Waals surface area contributed by atoms with Crippen molar-refractivity contribution >= 4 is 10.0 Å². The van der Waals surface area contributed by atoms with Gasteiger partial charge in [0.05, 0.1) is 7.11 Å². The van der Waals surface area contributed by atoms with E-state index in [1.54, 1.807) is 38.3 Å². The maximum Gasteiger partial charge on any atom is 0.261 e. The molecular weight excluding hydrogens is 295 g/mol. The van der Waals surface area contributed by atoms with Crippen LogP contribution < -0.4 is 9.46 Å². The zero-order valence-electron chi connectivity index (χ0n) is 11.6. The van der Waals surface area contributed by atoms with Crippen molar-refractivity contribution in [3.8, 4) is 5.75 Å². The van der Waals surface area contributed by atoms with Crippen LogP contribution in [0, 0.1) is 5.82 Å². The van der Waals surface area contributed by atoms with E-state index in [1.165, 1.54) is 12.3 Å². The first-order chi connectivity index (χ1) is 9.94. The van der Waals surface area contributed by atoms with Gasteiger partial charge in [0.25, 0.3) is 10.0 Å². The molecule has 0 saturated carbocycles. The third kappa shape index (κ3) is 3.56. The van der Waals surface area contributed by atoms with E-state index in [1.807, 2.05) is 0 Å². The largest absolute Gasteiger partial charge is 0.497 e. The molecule has 7 heteroatoms. The van der Waals surface area contributed by atoms with Crippen LogP contribution in [0.25, 0.3) is 0 Å². The molecule has 0 aliphatic heterocycles. The van der Waals surface area contributed by atoms with Crippen molar-refractivity contribution in [3.05, 3.63) is 54.0 Å². The van der Waals surface area contributed by atoms with Gasteiger partial charge in [-0.15, -0.1) is 0 Å². The Hall–Kier alpha value is -1.99. The molecule has 2 aromatic rings. The first kappa shape index (κ1) is 15.4. The van der Waals surface area contributed by atoms with Crippen molar-refractivity contribution in [2.24, 2.45) is 0 Å². The average molecular weight is 310 g/mol. The van der Waals surface area contributed by atoms with Gasteiger partial charge < -0.3 is 4.74 Å². The van der Waals surface area contributed by atoms with Gasteiger partial charge in [0.2, 0.25) is 5.03 Å². The van der Waals surface area contributed by atoms with Crippen molar-refractivity contribution in [1.29, 1.82) is 0 Å². The van der Waals surface area contributed by atoms with Gasteiger partial charge in [0.15, 0.2) is 5.82 Å². The zero-order valence-corrected chi connectivity index (χ0v) is 12.4. The van der Waals surface area contributed by atoms with Crippen molar-refractivity contribution in [2.75, 3.05) is 7.11 Å². The van der Waals surface area contributed by atoms with Crippen LogP contribution in [0.1, 0.15) is 18.5 Å². The summed E-state index contributed by atoms with van der Waals surface area (Å²) in [6.45, 7) is 1.67. The lowest BCUT2D eigenvalue weighted by molar-refractivity contribution is 0.414. The summed E-state index contributed by atoms with van der Waals surface area (Å²) in [5, 5.41) is -0.606. The van der Waals surface area contributed by atoms with Gasteiger partial charge in [-0.05, 0) is 36.8 Å². The number of aromatic nitrogens is 1. The summed E-state index contributed by atoms with van der Waals surface area (Å²) in [6.07, 6.45) is 1.23. The molecule has 1 heterocycles. The number of nitrogens with one attached hydrogen (secondary N) is 1.